The normalized spacial score (nSPS) is 18.8. The van der Waals surface area contributed by atoms with E-state index < -0.39 is 9.84 Å². The molecule has 2 aromatic rings. The van der Waals surface area contributed by atoms with Crippen LogP contribution in [0, 0.1) is 5.92 Å². The van der Waals surface area contributed by atoms with E-state index >= 15 is 0 Å². The molecule has 0 fully saturated rings. The lowest BCUT2D eigenvalue weighted by Gasteiger charge is -2.09. The lowest BCUT2D eigenvalue weighted by Crippen LogP contribution is -2.14. The maximum atomic E-state index is 11.8. The fourth-order valence-corrected chi connectivity index (χ4v) is 4.40. The number of carbonyl (C=O) groups is 1. The molecule has 4 nitrogen and oxygen atoms in total. The van der Waals surface area contributed by atoms with Crippen molar-refractivity contribution in [1.82, 2.24) is 0 Å². The van der Waals surface area contributed by atoms with Gasteiger partial charge in [-0.15, -0.1) is 0 Å². The van der Waals surface area contributed by atoms with E-state index in [0.29, 0.717) is 6.61 Å². The molecule has 1 aliphatic heterocycles. The molecule has 0 aromatic heterocycles. The average molecular weight is 344 g/mol. The summed E-state index contributed by atoms with van der Waals surface area (Å²) in [7, 11) is -3.11. The SMILES string of the molecule is O=C(C[C@@H]1C=CS(=O)(=O)C1)OCCCc1cccc2ccccc12. The Morgan fingerprint density at radius 1 is 1.12 bits per heavy atom. The van der Waals surface area contributed by atoms with Gasteiger partial charge >= 0.3 is 5.97 Å². The van der Waals surface area contributed by atoms with Crippen LogP contribution in [0.2, 0.25) is 0 Å². The van der Waals surface area contributed by atoms with Gasteiger partial charge in [0.05, 0.1) is 18.8 Å². The van der Waals surface area contributed by atoms with Crippen molar-refractivity contribution in [2.75, 3.05) is 12.4 Å². The highest BCUT2D eigenvalue weighted by Gasteiger charge is 2.24. The molecule has 1 heterocycles. The Bertz CT molecular complexity index is 863. The van der Waals surface area contributed by atoms with Crippen molar-refractivity contribution in [3.63, 3.8) is 0 Å². The lowest BCUT2D eigenvalue weighted by atomic mass is 10.0. The van der Waals surface area contributed by atoms with E-state index in [9.17, 15) is 13.2 Å². The Kier molecular flexibility index (Phi) is 5.00. The molecule has 0 amide bonds. The van der Waals surface area contributed by atoms with Crippen molar-refractivity contribution < 1.29 is 17.9 Å². The van der Waals surface area contributed by atoms with Crippen LogP contribution in [0.1, 0.15) is 18.4 Å². The van der Waals surface area contributed by atoms with Crippen LogP contribution in [0.25, 0.3) is 10.8 Å². The number of hydrogen-bond donors (Lipinski definition) is 0. The molecule has 1 atom stereocenters. The van der Waals surface area contributed by atoms with Crippen molar-refractivity contribution in [3.8, 4) is 0 Å². The number of aryl methyl sites for hydroxylation is 1. The second-order valence-electron chi connectivity index (χ2n) is 6.08. The number of benzene rings is 2. The van der Waals surface area contributed by atoms with Crippen LogP contribution < -0.4 is 0 Å². The average Bonchev–Trinajstić information content (AvgIpc) is 2.90. The number of sulfone groups is 1. The Balaban J connectivity index is 1.45. The Hall–Kier alpha value is -2.14. The number of esters is 1. The van der Waals surface area contributed by atoms with E-state index in [0.717, 1.165) is 12.8 Å². The summed E-state index contributed by atoms with van der Waals surface area (Å²) in [6.45, 7) is 0.352. The molecule has 5 heteroatoms. The summed E-state index contributed by atoms with van der Waals surface area (Å²) >= 11 is 0. The second-order valence-corrected chi connectivity index (χ2v) is 8.02. The zero-order chi connectivity index (χ0) is 17.0. The zero-order valence-electron chi connectivity index (χ0n) is 13.4. The quantitative estimate of drug-likeness (QED) is 0.596. The number of carbonyl (C=O) groups excluding carboxylic acids is 1. The number of rotatable bonds is 6. The molecule has 0 unspecified atom stereocenters. The van der Waals surface area contributed by atoms with Crippen LogP contribution in [0.5, 0.6) is 0 Å². The van der Waals surface area contributed by atoms with Crippen LogP contribution >= 0.6 is 0 Å². The third-order valence-electron chi connectivity index (χ3n) is 4.17. The summed E-state index contributed by atoms with van der Waals surface area (Å²) in [5.41, 5.74) is 1.24. The van der Waals surface area contributed by atoms with Crippen molar-refractivity contribution in [1.29, 1.82) is 0 Å². The van der Waals surface area contributed by atoms with Crippen LogP contribution in [0.3, 0.4) is 0 Å². The number of ether oxygens (including phenoxy) is 1. The summed E-state index contributed by atoms with van der Waals surface area (Å²) in [6, 6.07) is 14.4. The van der Waals surface area contributed by atoms with Crippen molar-refractivity contribution in [3.05, 3.63) is 59.5 Å². The first kappa shape index (κ1) is 16.7. The zero-order valence-corrected chi connectivity index (χ0v) is 14.2. The molecule has 0 N–H and O–H groups in total. The van der Waals surface area contributed by atoms with Gasteiger partial charge in [0.2, 0.25) is 0 Å². The standard InChI is InChI=1S/C19H20O4S/c20-19(13-15-10-12-24(21,22)14-15)23-11-4-8-17-7-3-6-16-5-1-2-9-18(16)17/h1-3,5-7,9-10,12,15H,4,8,11,13-14H2/t15-/m0/s1. The fourth-order valence-electron chi connectivity index (χ4n) is 3.00. The van der Waals surface area contributed by atoms with E-state index in [1.165, 1.54) is 21.7 Å². The molecule has 0 bridgehead atoms. The molecule has 0 spiro atoms. The van der Waals surface area contributed by atoms with Gasteiger partial charge in [0.25, 0.3) is 0 Å². The van der Waals surface area contributed by atoms with Crippen LogP contribution in [-0.2, 0) is 25.8 Å². The minimum absolute atomic E-state index is 0.0120. The van der Waals surface area contributed by atoms with Gasteiger partial charge in [-0.25, -0.2) is 8.42 Å². The molecule has 0 saturated carbocycles. The maximum absolute atomic E-state index is 11.8. The molecule has 1 aliphatic rings. The van der Waals surface area contributed by atoms with Gasteiger partial charge in [0, 0.05) is 11.3 Å². The molecule has 126 valence electrons. The maximum Gasteiger partial charge on any atom is 0.306 e. The Morgan fingerprint density at radius 3 is 2.71 bits per heavy atom. The topological polar surface area (TPSA) is 60.4 Å². The lowest BCUT2D eigenvalue weighted by molar-refractivity contribution is -0.144. The molecule has 0 radical (unpaired) electrons. The molecule has 2 aromatic carbocycles. The Labute approximate surface area is 142 Å². The van der Waals surface area contributed by atoms with Gasteiger partial charge in [0.1, 0.15) is 0 Å². The van der Waals surface area contributed by atoms with Crippen molar-refractivity contribution >= 4 is 26.6 Å². The molecular formula is C19H20O4S. The second kappa shape index (κ2) is 7.18. The summed E-state index contributed by atoms with van der Waals surface area (Å²) in [5.74, 6) is -0.571. The third-order valence-corrected chi connectivity index (χ3v) is 5.63. The summed E-state index contributed by atoms with van der Waals surface area (Å²) in [4.78, 5) is 11.8. The molecule has 0 aliphatic carbocycles. The summed E-state index contributed by atoms with van der Waals surface area (Å²) in [5, 5.41) is 3.62. The van der Waals surface area contributed by atoms with Crippen LogP contribution in [-0.4, -0.2) is 26.7 Å². The monoisotopic (exact) mass is 344 g/mol. The largest absolute Gasteiger partial charge is 0.466 e. The molecule has 0 saturated heterocycles. The van der Waals surface area contributed by atoms with Crippen LogP contribution in [0.4, 0.5) is 0 Å². The molecule has 24 heavy (non-hydrogen) atoms. The number of hydrogen-bond acceptors (Lipinski definition) is 4. The van der Waals surface area contributed by atoms with Crippen LogP contribution in [0.15, 0.2) is 53.9 Å². The van der Waals surface area contributed by atoms with Gasteiger partial charge in [-0.3, -0.25) is 4.79 Å². The van der Waals surface area contributed by atoms with E-state index in [-0.39, 0.29) is 24.1 Å². The first-order valence-corrected chi connectivity index (χ1v) is 9.78. The molecule has 3 rings (SSSR count). The minimum Gasteiger partial charge on any atom is -0.466 e. The van der Waals surface area contributed by atoms with Gasteiger partial charge in [-0.1, -0.05) is 48.5 Å². The predicted molar refractivity (Wildman–Crippen MR) is 94.3 cm³/mol. The first-order valence-electron chi connectivity index (χ1n) is 8.07. The third kappa shape index (κ3) is 4.23. The summed E-state index contributed by atoms with van der Waals surface area (Å²) in [6.07, 6.45) is 3.29. The van der Waals surface area contributed by atoms with E-state index in [4.69, 9.17) is 4.74 Å². The number of allylic oxidation sites excluding steroid dienone is 1. The predicted octanol–water partition coefficient (Wildman–Crippen LogP) is 3.26. The van der Waals surface area contributed by atoms with E-state index in [1.807, 2.05) is 18.2 Å². The van der Waals surface area contributed by atoms with Crippen molar-refractivity contribution in [2.45, 2.75) is 19.3 Å². The highest BCUT2D eigenvalue weighted by atomic mass is 32.2. The molecular weight excluding hydrogens is 324 g/mol. The van der Waals surface area contributed by atoms with Gasteiger partial charge in [0.15, 0.2) is 9.84 Å². The van der Waals surface area contributed by atoms with Gasteiger partial charge in [-0.2, -0.15) is 0 Å². The fraction of sp³-hybridized carbons (Fsp3) is 0.316. The Morgan fingerprint density at radius 2 is 1.92 bits per heavy atom. The van der Waals surface area contributed by atoms with Gasteiger partial charge in [-0.05, 0) is 29.2 Å². The summed E-state index contributed by atoms with van der Waals surface area (Å²) < 4.78 is 27.9. The smallest absolute Gasteiger partial charge is 0.306 e. The highest BCUT2D eigenvalue weighted by Crippen LogP contribution is 2.20. The van der Waals surface area contributed by atoms with E-state index in [2.05, 4.69) is 24.3 Å². The minimum atomic E-state index is -3.11. The van der Waals surface area contributed by atoms with E-state index in [1.54, 1.807) is 6.08 Å². The number of fused-ring (bicyclic) bond motifs is 1. The van der Waals surface area contributed by atoms with Gasteiger partial charge < -0.3 is 4.74 Å². The highest BCUT2D eigenvalue weighted by molar-refractivity contribution is 7.94. The first-order chi connectivity index (χ1) is 11.5. The van der Waals surface area contributed by atoms with Crippen molar-refractivity contribution in [2.24, 2.45) is 5.92 Å².